The molecule has 126 valence electrons. The van der Waals surface area contributed by atoms with Crippen molar-refractivity contribution in [1.82, 2.24) is 10.0 Å². The van der Waals surface area contributed by atoms with Crippen LogP contribution in [0.5, 0.6) is 0 Å². The van der Waals surface area contributed by atoms with Crippen molar-refractivity contribution in [3.8, 4) is 0 Å². The van der Waals surface area contributed by atoms with E-state index in [1.807, 2.05) is 0 Å². The van der Waals surface area contributed by atoms with Crippen LogP contribution >= 0.6 is 0 Å². The van der Waals surface area contributed by atoms with E-state index in [4.69, 9.17) is 0 Å². The Bertz CT molecular complexity index is 687. The lowest BCUT2D eigenvalue weighted by Gasteiger charge is -2.13. The predicted molar refractivity (Wildman–Crippen MR) is 83.2 cm³/mol. The Morgan fingerprint density at radius 2 is 1.96 bits per heavy atom. The zero-order chi connectivity index (χ0) is 17.0. The van der Waals surface area contributed by atoms with Gasteiger partial charge >= 0.3 is 0 Å². The summed E-state index contributed by atoms with van der Waals surface area (Å²) in [6.45, 7) is 1.76. The summed E-state index contributed by atoms with van der Waals surface area (Å²) in [5.74, 6) is 0.187. The van der Waals surface area contributed by atoms with Crippen molar-refractivity contribution in [2.24, 2.45) is 5.92 Å². The van der Waals surface area contributed by atoms with Crippen LogP contribution in [0.1, 0.15) is 26.2 Å². The van der Waals surface area contributed by atoms with E-state index < -0.39 is 14.9 Å². The summed E-state index contributed by atoms with van der Waals surface area (Å²) in [5.41, 5.74) is -0.197. The standard InChI is InChI=1S/C14H19N3O5S/c1-10-2-3-11(8-10)16-14(18)9-15-23(21,22)13-6-4-12(5-7-13)17(19)20/h4-7,10-11,15H,2-3,8-9H2,1H3,(H,16,18)/t10-,11+/m1/s1. The molecule has 0 bridgehead atoms. The molecular weight excluding hydrogens is 322 g/mol. The van der Waals surface area contributed by atoms with Crippen molar-refractivity contribution in [3.63, 3.8) is 0 Å². The molecule has 1 aliphatic rings. The van der Waals surface area contributed by atoms with Gasteiger partial charge in [0, 0.05) is 18.2 Å². The Morgan fingerprint density at radius 1 is 1.30 bits per heavy atom. The first-order valence-electron chi connectivity index (χ1n) is 7.31. The molecule has 23 heavy (non-hydrogen) atoms. The minimum absolute atomic E-state index is 0.0985. The highest BCUT2D eigenvalue weighted by atomic mass is 32.2. The van der Waals surface area contributed by atoms with Gasteiger partial charge < -0.3 is 5.32 Å². The number of carbonyl (C=O) groups excluding carboxylic acids is 1. The van der Waals surface area contributed by atoms with Crippen molar-refractivity contribution in [2.75, 3.05) is 6.54 Å². The third-order valence-electron chi connectivity index (χ3n) is 3.84. The van der Waals surface area contributed by atoms with Crippen LogP contribution in [0, 0.1) is 16.0 Å². The third-order valence-corrected chi connectivity index (χ3v) is 5.26. The third kappa shape index (κ3) is 4.73. The van der Waals surface area contributed by atoms with Gasteiger partial charge in [-0.2, -0.15) is 0 Å². The quantitative estimate of drug-likeness (QED) is 0.595. The van der Waals surface area contributed by atoms with Crippen molar-refractivity contribution in [3.05, 3.63) is 34.4 Å². The predicted octanol–water partition coefficient (Wildman–Crippen LogP) is 1.18. The van der Waals surface area contributed by atoms with Gasteiger partial charge in [-0.25, -0.2) is 13.1 Å². The van der Waals surface area contributed by atoms with Gasteiger partial charge in [0.05, 0.1) is 16.4 Å². The number of rotatable bonds is 6. The van der Waals surface area contributed by atoms with Gasteiger partial charge in [0.2, 0.25) is 15.9 Å². The second-order valence-electron chi connectivity index (χ2n) is 5.76. The molecule has 1 fully saturated rings. The smallest absolute Gasteiger partial charge is 0.269 e. The first kappa shape index (κ1) is 17.4. The molecule has 2 N–H and O–H groups in total. The molecule has 0 aromatic heterocycles. The summed E-state index contributed by atoms with van der Waals surface area (Å²) in [7, 11) is -3.88. The van der Waals surface area contributed by atoms with Crippen LogP contribution in [0.25, 0.3) is 0 Å². The molecule has 1 aromatic rings. The van der Waals surface area contributed by atoms with E-state index in [0.29, 0.717) is 5.92 Å². The van der Waals surface area contributed by atoms with Gasteiger partial charge in [0.15, 0.2) is 0 Å². The molecule has 0 spiro atoms. The van der Waals surface area contributed by atoms with Crippen molar-refractivity contribution in [1.29, 1.82) is 0 Å². The Labute approximate surface area is 134 Å². The highest BCUT2D eigenvalue weighted by Crippen LogP contribution is 2.24. The van der Waals surface area contributed by atoms with E-state index in [9.17, 15) is 23.3 Å². The topological polar surface area (TPSA) is 118 Å². The van der Waals surface area contributed by atoms with Crippen LogP contribution in [-0.4, -0.2) is 31.8 Å². The minimum atomic E-state index is -3.88. The van der Waals surface area contributed by atoms with Crippen LogP contribution in [0.3, 0.4) is 0 Å². The van der Waals surface area contributed by atoms with Gasteiger partial charge in [-0.3, -0.25) is 14.9 Å². The fourth-order valence-corrected chi connectivity index (χ4v) is 3.59. The van der Waals surface area contributed by atoms with Crippen LogP contribution in [0.15, 0.2) is 29.2 Å². The first-order valence-corrected chi connectivity index (χ1v) is 8.80. The van der Waals surface area contributed by atoms with Crippen molar-refractivity contribution < 1.29 is 18.1 Å². The summed E-state index contributed by atoms with van der Waals surface area (Å²) >= 11 is 0. The SMILES string of the molecule is C[C@@H]1CC[C@H](NC(=O)CNS(=O)(=O)c2ccc([N+](=O)[O-])cc2)C1. The number of nitrogens with zero attached hydrogens (tertiary/aromatic N) is 1. The molecule has 1 aliphatic carbocycles. The van der Waals surface area contributed by atoms with Crippen molar-refractivity contribution in [2.45, 2.75) is 37.1 Å². The lowest BCUT2D eigenvalue weighted by Crippen LogP contribution is -2.41. The first-order chi connectivity index (χ1) is 10.8. The number of nitro groups is 1. The molecule has 0 radical (unpaired) electrons. The lowest BCUT2D eigenvalue weighted by molar-refractivity contribution is -0.384. The Morgan fingerprint density at radius 3 is 2.48 bits per heavy atom. The molecule has 1 saturated carbocycles. The number of nitrogens with one attached hydrogen (secondary N) is 2. The molecule has 0 aliphatic heterocycles. The van der Waals surface area contributed by atoms with E-state index in [0.717, 1.165) is 43.5 Å². The number of benzene rings is 1. The maximum atomic E-state index is 12.0. The van der Waals surface area contributed by atoms with E-state index in [2.05, 4.69) is 17.0 Å². The second-order valence-corrected chi connectivity index (χ2v) is 7.53. The van der Waals surface area contributed by atoms with Crippen LogP contribution in [0.2, 0.25) is 0 Å². The van der Waals surface area contributed by atoms with Gasteiger partial charge in [-0.05, 0) is 37.3 Å². The molecule has 2 atom stereocenters. The normalized spacial score (nSPS) is 21.1. The van der Waals surface area contributed by atoms with Gasteiger partial charge in [0.1, 0.15) is 0 Å². The van der Waals surface area contributed by atoms with Crippen molar-refractivity contribution >= 4 is 21.6 Å². The largest absolute Gasteiger partial charge is 0.352 e. The Balaban J connectivity index is 1.90. The molecule has 1 amide bonds. The summed E-state index contributed by atoms with van der Waals surface area (Å²) in [6, 6.07) is 4.58. The number of carbonyl (C=O) groups is 1. The minimum Gasteiger partial charge on any atom is -0.352 e. The Kier molecular flexibility index (Phi) is 5.32. The van der Waals surface area contributed by atoms with Crippen LogP contribution in [-0.2, 0) is 14.8 Å². The summed E-state index contributed by atoms with van der Waals surface area (Å²) < 4.78 is 26.3. The molecule has 0 saturated heterocycles. The van der Waals surface area contributed by atoms with E-state index in [-0.39, 0.29) is 29.1 Å². The molecule has 9 heteroatoms. The summed E-state index contributed by atoms with van der Waals surface area (Å²) in [4.78, 5) is 21.6. The van der Waals surface area contributed by atoms with Crippen LogP contribution < -0.4 is 10.0 Å². The molecule has 0 heterocycles. The number of non-ortho nitro benzene ring substituents is 1. The number of amides is 1. The number of sulfonamides is 1. The lowest BCUT2D eigenvalue weighted by atomic mass is 10.1. The highest BCUT2D eigenvalue weighted by Gasteiger charge is 2.23. The average Bonchev–Trinajstić information content (AvgIpc) is 2.90. The fourth-order valence-electron chi connectivity index (χ4n) is 2.61. The maximum absolute atomic E-state index is 12.0. The molecule has 2 rings (SSSR count). The molecule has 0 unspecified atom stereocenters. The number of hydrogen-bond acceptors (Lipinski definition) is 5. The number of nitro benzene ring substituents is 1. The summed E-state index contributed by atoms with van der Waals surface area (Å²) in [5, 5.41) is 13.4. The zero-order valence-corrected chi connectivity index (χ0v) is 13.5. The molecule has 1 aromatic carbocycles. The van der Waals surface area contributed by atoms with E-state index in [1.165, 1.54) is 0 Å². The van der Waals surface area contributed by atoms with E-state index in [1.54, 1.807) is 0 Å². The second kappa shape index (κ2) is 7.05. The van der Waals surface area contributed by atoms with Gasteiger partial charge in [-0.1, -0.05) is 6.92 Å². The van der Waals surface area contributed by atoms with Gasteiger partial charge in [-0.15, -0.1) is 0 Å². The highest BCUT2D eigenvalue weighted by molar-refractivity contribution is 7.89. The Hall–Kier alpha value is -2.00. The molecule has 8 nitrogen and oxygen atoms in total. The molecular formula is C14H19N3O5S. The summed E-state index contributed by atoms with van der Waals surface area (Å²) in [6.07, 6.45) is 2.86. The number of hydrogen-bond donors (Lipinski definition) is 2. The van der Waals surface area contributed by atoms with Crippen LogP contribution in [0.4, 0.5) is 5.69 Å². The van der Waals surface area contributed by atoms with E-state index >= 15 is 0 Å². The maximum Gasteiger partial charge on any atom is 0.269 e. The fraction of sp³-hybridized carbons (Fsp3) is 0.500. The van der Waals surface area contributed by atoms with Gasteiger partial charge in [0.25, 0.3) is 5.69 Å². The monoisotopic (exact) mass is 341 g/mol. The zero-order valence-electron chi connectivity index (χ0n) is 12.7. The average molecular weight is 341 g/mol.